The Morgan fingerprint density at radius 1 is 1.15 bits per heavy atom. The van der Waals surface area contributed by atoms with Gasteiger partial charge in [-0.2, -0.15) is 0 Å². The molecule has 1 N–H and O–H groups in total. The summed E-state index contributed by atoms with van der Waals surface area (Å²) in [4.78, 5) is 8.23. The van der Waals surface area contributed by atoms with Gasteiger partial charge in [-0.05, 0) is 42.8 Å². The van der Waals surface area contributed by atoms with Crippen molar-refractivity contribution in [1.82, 2.24) is 10.2 Å². The Kier molecular flexibility index (Phi) is 5.37. The maximum atomic E-state index is 5.98. The number of hydrogen-bond acceptors (Lipinski definition) is 3. The molecule has 4 nitrogen and oxygen atoms in total. The van der Waals surface area contributed by atoms with Crippen LogP contribution in [0.1, 0.15) is 56.9 Å². The molecule has 3 aliphatic rings. The van der Waals surface area contributed by atoms with Gasteiger partial charge in [0, 0.05) is 43.4 Å². The Bertz CT molecular complexity index is 677. The molecular weight excluding hydrogens is 366 g/mol. The summed E-state index contributed by atoms with van der Waals surface area (Å²) < 4.78 is 0. The summed E-state index contributed by atoms with van der Waals surface area (Å²) in [6.07, 6.45) is 9.29. The molecule has 2 fully saturated rings. The Morgan fingerprint density at radius 2 is 1.85 bits per heavy atom. The van der Waals surface area contributed by atoms with Crippen molar-refractivity contribution in [3.63, 3.8) is 0 Å². The lowest BCUT2D eigenvalue weighted by Crippen LogP contribution is -2.52. The number of benzene rings is 1. The van der Waals surface area contributed by atoms with Crippen LogP contribution in [0.15, 0.2) is 29.4 Å². The average molecular weight is 392 g/mol. The van der Waals surface area contributed by atoms with Gasteiger partial charge in [-0.3, -0.25) is 0 Å². The number of piperidine rings is 1. The number of nitrogens with one attached hydrogen (secondary N) is 1. The SMILES string of the molecule is S=C(NC1CCCCC1)N1CCC2(CC1)CC(c1ccc(Cl)cc1)=NO2. The van der Waals surface area contributed by atoms with Crippen molar-refractivity contribution in [2.75, 3.05) is 13.1 Å². The molecule has 0 amide bonds. The number of likely N-dealkylation sites (tertiary alicyclic amines) is 1. The molecule has 1 aromatic carbocycles. The van der Waals surface area contributed by atoms with E-state index >= 15 is 0 Å². The zero-order valence-corrected chi connectivity index (χ0v) is 16.6. The molecule has 1 aromatic rings. The highest BCUT2D eigenvalue weighted by atomic mass is 35.5. The minimum atomic E-state index is -0.161. The van der Waals surface area contributed by atoms with Crippen LogP contribution in [0.25, 0.3) is 0 Å². The minimum Gasteiger partial charge on any atom is -0.388 e. The monoisotopic (exact) mass is 391 g/mol. The number of halogens is 1. The molecular formula is C20H26ClN3OS. The standard InChI is InChI=1S/C20H26ClN3OS/c21-16-8-6-15(7-9-16)18-14-20(25-23-18)10-12-24(13-11-20)19(26)22-17-4-2-1-3-5-17/h6-9,17H,1-5,10-14H2,(H,22,26). The first kappa shape index (κ1) is 18.1. The van der Waals surface area contributed by atoms with E-state index in [0.29, 0.717) is 6.04 Å². The molecule has 6 heteroatoms. The molecule has 26 heavy (non-hydrogen) atoms. The lowest BCUT2D eigenvalue weighted by molar-refractivity contribution is -0.0525. The number of nitrogens with zero attached hydrogens (tertiary/aromatic N) is 2. The summed E-state index contributed by atoms with van der Waals surface area (Å²) in [5.41, 5.74) is 1.97. The van der Waals surface area contributed by atoms with Crippen molar-refractivity contribution in [2.24, 2.45) is 5.16 Å². The van der Waals surface area contributed by atoms with Gasteiger partial charge in [0.05, 0.1) is 5.71 Å². The highest BCUT2D eigenvalue weighted by Crippen LogP contribution is 2.36. The summed E-state index contributed by atoms with van der Waals surface area (Å²) in [7, 11) is 0. The first-order valence-corrected chi connectivity index (χ1v) is 10.5. The Morgan fingerprint density at radius 3 is 2.54 bits per heavy atom. The van der Waals surface area contributed by atoms with E-state index in [-0.39, 0.29) is 5.60 Å². The second-order valence-corrected chi connectivity index (χ2v) is 8.59. The Hall–Kier alpha value is -1.33. The molecule has 2 aliphatic heterocycles. The summed E-state index contributed by atoms with van der Waals surface area (Å²) in [6, 6.07) is 8.41. The van der Waals surface area contributed by atoms with Gasteiger partial charge in [0.1, 0.15) is 5.60 Å². The molecule has 1 aliphatic carbocycles. The van der Waals surface area contributed by atoms with Crippen molar-refractivity contribution in [3.8, 4) is 0 Å². The normalized spacial score (nSPS) is 22.8. The number of thiocarbonyl (C=S) groups is 1. The van der Waals surface area contributed by atoms with Crippen LogP contribution in [0, 0.1) is 0 Å². The van der Waals surface area contributed by atoms with Crippen LogP contribution in [0.3, 0.4) is 0 Å². The molecule has 140 valence electrons. The molecule has 0 bridgehead atoms. The van der Waals surface area contributed by atoms with Gasteiger partial charge in [-0.1, -0.05) is 48.2 Å². The maximum absolute atomic E-state index is 5.98. The van der Waals surface area contributed by atoms with E-state index in [1.807, 2.05) is 24.3 Å². The quantitative estimate of drug-likeness (QED) is 0.753. The minimum absolute atomic E-state index is 0.161. The van der Waals surface area contributed by atoms with E-state index in [4.69, 9.17) is 28.7 Å². The van der Waals surface area contributed by atoms with E-state index in [1.54, 1.807) is 0 Å². The van der Waals surface area contributed by atoms with E-state index in [2.05, 4.69) is 15.4 Å². The van der Waals surface area contributed by atoms with Crippen LogP contribution in [0.5, 0.6) is 0 Å². The molecule has 0 radical (unpaired) electrons. The lowest BCUT2D eigenvalue weighted by atomic mass is 9.85. The van der Waals surface area contributed by atoms with Gasteiger partial charge < -0.3 is 15.1 Å². The fourth-order valence-electron chi connectivity index (χ4n) is 4.22. The van der Waals surface area contributed by atoms with Crippen LogP contribution in [-0.2, 0) is 4.84 Å². The first-order chi connectivity index (χ1) is 12.6. The zero-order valence-electron chi connectivity index (χ0n) is 15.0. The number of rotatable bonds is 2. The third-order valence-electron chi connectivity index (χ3n) is 5.91. The van der Waals surface area contributed by atoms with E-state index in [0.717, 1.165) is 53.8 Å². The fraction of sp³-hybridized carbons (Fsp3) is 0.600. The van der Waals surface area contributed by atoms with Gasteiger partial charge in [0.15, 0.2) is 5.11 Å². The van der Waals surface area contributed by atoms with E-state index in [9.17, 15) is 0 Å². The summed E-state index contributed by atoms with van der Waals surface area (Å²) >= 11 is 11.6. The summed E-state index contributed by atoms with van der Waals surface area (Å²) in [5, 5.41) is 9.63. The van der Waals surface area contributed by atoms with Gasteiger partial charge >= 0.3 is 0 Å². The average Bonchev–Trinajstić information content (AvgIpc) is 3.07. The number of oxime groups is 1. The largest absolute Gasteiger partial charge is 0.388 e. The Balaban J connectivity index is 1.29. The molecule has 4 rings (SSSR count). The highest BCUT2D eigenvalue weighted by molar-refractivity contribution is 7.80. The molecule has 1 spiro atoms. The van der Waals surface area contributed by atoms with Crippen LogP contribution < -0.4 is 5.32 Å². The highest BCUT2D eigenvalue weighted by Gasteiger charge is 2.42. The predicted octanol–water partition coefficient (Wildman–Crippen LogP) is 4.51. The molecule has 1 saturated carbocycles. The van der Waals surface area contributed by atoms with Crippen molar-refractivity contribution < 1.29 is 4.84 Å². The lowest BCUT2D eigenvalue weighted by Gasteiger charge is -2.39. The van der Waals surface area contributed by atoms with Crippen molar-refractivity contribution in [2.45, 2.75) is 63.0 Å². The molecule has 1 saturated heterocycles. The smallest absolute Gasteiger partial charge is 0.169 e. The summed E-state index contributed by atoms with van der Waals surface area (Å²) in [6.45, 7) is 1.87. The molecule has 0 unspecified atom stereocenters. The van der Waals surface area contributed by atoms with Crippen molar-refractivity contribution >= 4 is 34.6 Å². The Labute approximate surface area is 165 Å². The van der Waals surface area contributed by atoms with Gasteiger partial charge in [-0.25, -0.2) is 0 Å². The van der Waals surface area contributed by atoms with Crippen LogP contribution in [-0.4, -0.2) is 40.5 Å². The predicted molar refractivity (Wildman–Crippen MR) is 110 cm³/mol. The topological polar surface area (TPSA) is 36.9 Å². The third-order valence-corrected chi connectivity index (χ3v) is 6.54. The van der Waals surface area contributed by atoms with Crippen LogP contribution in [0.2, 0.25) is 5.02 Å². The van der Waals surface area contributed by atoms with Crippen molar-refractivity contribution in [3.05, 3.63) is 34.9 Å². The fourth-order valence-corrected chi connectivity index (χ4v) is 4.69. The summed E-state index contributed by atoms with van der Waals surface area (Å²) in [5.74, 6) is 0. The second kappa shape index (κ2) is 7.73. The zero-order chi connectivity index (χ0) is 18.0. The van der Waals surface area contributed by atoms with Gasteiger partial charge in [-0.15, -0.1) is 0 Å². The van der Waals surface area contributed by atoms with E-state index < -0.39 is 0 Å². The van der Waals surface area contributed by atoms with Crippen LogP contribution in [0.4, 0.5) is 0 Å². The number of hydrogen-bond donors (Lipinski definition) is 1. The first-order valence-electron chi connectivity index (χ1n) is 9.70. The van der Waals surface area contributed by atoms with Gasteiger partial charge in [0.25, 0.3) is 0 Å². The molecule has 0 aromatic heterocycles. The molecule has 0 atom stereocenters. The maximum Gasteiger partial charge on any atom is 0.169 e. The van der Waals surface area contributed by atoms with E-state index in [1.165, 1.54) is 32.1 Å². The van der Waals surface area contributed by atoms with Crippen LogP contribution >= 0.6 is 23.8 Å². The van der Waals surface area contributed by atoms with Gasteiger partial charge in [0.2, 0.25) is 0 Å². The molecule has 2 heterocycles. The van der Waals surface area contributed by atoms with Crippen molar-refractivity contribution in [1.29, 1.82) is 0 Å². The third kappa shape index (κ3) is 3.99. The second-order valence-electron chi connectivity index (χ2n) is 7.77.